The Bertz CT molecular complexity index is 615. The normalized spacial score (nSPS) is 20.4. The minimum absolute atomic E-state index is 0. The van der Waals surface area contributed by atoms with E-state index in [9.17, 15) is 9.59 Å². The number of halogens is 2. The summed E-state index contributed by atoms with van der Waals surface area (Å²) in [5, 5.41) is 6.36. The summed E-state index contributed by atoms with van der Waals surface area (Å²) in [5.41, 5.74) is 7.42. The summed E-state index contributed by atoms with van der Waals surface area (Å²) in [6, 6.07) is 8.35. The molecule has 0 saturated carbocycles. The zero-order valence-electron chi connectivity index (χ0n) is 15.5. The van der Waals surface area contributed by atoms with Crippen LogP contribution in [0.25, 0.3) is 0 Å². The van der Waals surface area contributed by atoms with Gasteiger partial charge in [0, 0.05) is 30.6 Å². The van der Waals surface area contributed by atoms with Crippen molar-refractivity contribution in [3.63, 3.8) is 0 Å². The third-order valence-corrected chi connectivity index (χ3v) is 5.20. The molecular weight excluding hydrogens is 387 g/mol. The number of piperidine rings is 1. The average molecular weight is 417 g/mol. The fourth-order valence-corrected chi connectivity index (χ4v) is 3.75. The first-order valence-electron chi connectivity index (χ1n) is 9.24. The number of carbonyl (C=O) groups is 2. The van der Waals surface area contributed by atoms with Gasteiger partial charge in [0.05, 0.1) is 0 Å². The molecule has 2 saturated heterocycles. The largest absolute Gasteiger partial charge is 0.369 e. The highest BCUT2D eigenvalue weighted by atomic mass is 35.5. The van der Waals surface area contributed by atoms with E-state index in [0.717, 1.165) is 57.5 Å². The number of hydrogen-bond acceptors (Lipinski definition) is 4. The predicted molar refractivity (Wildman–Crippen MR) is 112 cm³/mol. The molecule has 2 heterocycles. The second-order valence-corrected chi connectivity index (χ2v) is 7.20. The van der Waals surface area contributed by atoms with Crippen molar-refractivity contribution in [3.8, 4) is 0 Å². The Morgan fingerprint density at radius 3 is 2.56 bits per heavy atom. The fraction of sp³-hybridized carbons (Fsp3) is 0.579. The standard InChI is InChI=1S/C19H28N4O2.2ClH/c20-19(25)15-6-9-23(10-7-15)13-14-3-1-4-17(11-14)22-18(24)12-16-5-2-8-21-16;;/h1,3-4,11,15-16,21H,2,5-10,12-13H2,(H2,20,25)(H,22,24);2*1H. The van der Waals surface area contributed by atoms with E-state index in [1.807, 2.05) is 18.2 Å². The molecule has 2 aliphatic heterocycles. The quantitative estimate of drug-likeness (QED) is 0.663. The molecule has 0 aliphatic carbocycles. The van der Waals surface area contributed by atoms with Crippen molar-refractivity contribution < 1.29 is 9.59 Å². The molecule has 0 radical (unpaired) electrons. The maximum absolute atomic E-state index is 12.2. The number of amides is 2. The lowest BCUT2D eigenvalue weighted by atomic mass is 9.96. The van der Waals surface area contributed by atoms with Gasteiger partial charge in [-0.2, -0.15) is 0 Å². The van der Waals surface area contributed by atoms with Gasteiger partial charge >= 0.3 is 0 Å². The van der Waals surface area contributed by atoms with Gasteiger partial charge in [-0.1, -0.05) is 12.1 Å². The van der Waals surface area contributed by atoms with Crippen LogP contribution in [0.15, 0.2) is 24.3 Å². The Morgan fingerprint density at radius 2 is 1.93 bits per heavy atom. The Balaban J connectivity index is 0.00000182. The molecule has 4 N–H and O–H groups in total. The lowest BCUT2D eigenvalue weighted by Gasteiger charge is -2.30. The Hall–Kier alpha value is -1.34. The van der Waals surface area contributed by atoms with Gasteiger partial charge in [-0.3, -0.25) is 14.5 Å². The third kappa shape index (κ3) is 7.30. The number of anilines is 1. The first-order chi connectivity index (χ1) is 12.1. The molecule has 8 heteroatoms. The molecule has 6 nitrogen and oxygen atoms in total. The third-order valence-electron chi connectivity index (χ3n) is 5.20. The predicted octanol–water partition coefficient (Wildman–Crippen LogP) is 2.31. The van der Waals surface area contributed by atoms with Crippen LogP contribution in [0.1, 0.15) is 37.7 Å². The molecule has 152 valence electrons. The molecule has 0 bridgehead atoms. The van der Waals surface area contributed by atoms with Crippen molar-refractivity contribution in [2.75, 3.05) is 25.0 Å². The topological polar surface area (TPSA) is 87.5 Å². The van der Waals surface area contributed by atoms with Gasteiger partial charge < -0.3 is 16.4 Å². The van der Waals surface area contributed by atoms with E-state index in [1.165, 1.54) is 5.56 Å². The van der Waals surface area contributed by atoms with Crippen LogP contribution in [0.4, 0.5) is 5.69 Å². The van der Waals surface area contributed by atoms with Gasteiger partial charge in [0.25, 0.3) is 0 Å². The number of rotatable bonds is 6. The van der Waals surface area contributed by atoms with Crippen LogP contribution in [0.3, 0.4) is 0 Å². The van der Waals surface area contributed by atoms with E-state index in [0.29, 0.717) is 12.5 Å². The molecule has 0 aromatic heterocycles. The monoisotopic (exact) mass is 416 g/mol. The van der Waals surface area contributed by atoms with Gasteiger partial charge in [0.2, 0.25) is 11.8 Å². The van der Waals surface area contributed by atoms with Crippen molar-refractivity contribution in [1.82, 2.24) is 10.2 Å². The fourth-order valence-electron chi connectivity index (χ4n) is 3.75. The lowest BCUT2D eigenvalue weighted by Crippen LogP contribution is -2.38. The van der Waals surface area contributed by atoms with Crippen LogP contribution in [0.5, 0.6) is 0 Å². The molecule has 1 atom stereocenters. The molecule has 2 amide bonds. The second-order valence-electron chi connectivity index (χ2n) is 7.20. The number of nitrogens with one attached hydrogen (secondary N) is 2. The number of nitrogens with two attached hydrogens (primary N) is 1. The average Bonchev–Trinajstić information content (AvgIpc) is 3.08. The van der Waals surface area contributed by atoms with Crippen molar-refractivity contribution in [1.29, 1.82) is 0 Å². The van der Waals surface area contributed by atoms with E-state index < -0.39 is 0 Å². The molecular formula is C19H30Cl2N4O2. The summed E-state index contributed by atoms with van der Waals surface area (Å²) in [6.45, 7) is 3.62. The van der Waals surface area contributed by atoms with Crippen LogP contribution in [-0.2, 0) is 16.1 Å². The smallest absolute Gasteiger partial charge is 0.225 e. The summed E-state index contributed by atoms with van der Waals surface area (Å²) in [4.78, 5) is 25.7. The summed E-state index contributed by atoms with van der Waals surface area (Å²) >= 11 is 0. The van der Waals surface area contributed by atoms with Crippen LogP contribution in [0.2, 0.25) is 0 Å². The molecule has 2 fully saturated rings. The molecule has 1 unspecified atom stereocenters. The summed E-state index contributed by atoms with van der Waals surface area (Å²) in [6.07, 6.45) is 4.43. The van der Waals surface area contributed by atoms with Gasteiger partial charge in [0.15, 0.2) is 0 Å². The summed E-state index contributed by atoms with van der Waals surface area (Å²) in [7, 11) is 0. The van der Waals surface area contributed by atoms with Crippen molar-refractivity contribution >= 4 is 42.3 Å². The number of likely N-dealkylation sites (tertiary alicyclic amines) is 1. The first-order valence-corrected chi connectivity index (χ1v) is 9.24. The van der Waals surface area contributed by atoms with Gasteiger partial charge in [-0.15, -0.1) is 24.8 Å². The molecule has 0 spiro atoms. The van der Waals surface area contributed by atoms with E-state index in [4.69, 9.17) is 5.73 Å². The van der Waals surface area contributed by atoms with Crippen LogP contribution >= 0.6 is 24.8 Å². The van der Waals surface area contributed by atoms with Gasteiger partial charge in [-0.25, -0.2) is 0 Å². The Labute approximate surface area is 173 Å². The van der Waals surface area contributed by atoms with Crippen LogP contribution < -0.4 is 16.4 Å². The van der Waals surface area contributed by atoms with Crippen molar-refractivity contribution in [3.05, 3.63) is 29.8 Å². The highest BCUT2D eigenvalue weighted by Gasteiger charge is 2.23. The minimum atomic E-state index is -0.180. The van der Waals surface area contributed by atoms with Crippen molar-refractivity contribution in [2.24, 2.45) is 11.7 Å². The Morgan fingerprint density at radius 1 is 1.19 bits per heavy atom. The lowest BCUT2D eigenvalue weighted by molar-refractivity contribution is -0.123. The second kappa shape index (κ2) is 11.5. The number of hydrogen-bond donors (Lipinski definition) is 3. The molecule has 1 aromatic carbocycles. The Kier molecular flexibility index (Phi) is 10.1. The molecule has 27 heavy (non-hydrogen) atoms. The van der Waals surface area contributed by atoms with E-state index >= 15 is 0 Å². The van der Waals surface area contributed by atoms with E-state index in [2.05, 4.69) is 21.6 Å². The number of nitrogens with zero attached hydrogens (tertiary/aromatic N) is 1. The maximum Gasteiger partial charge on any atom is 0.225 e. The highest BCUT2D eigenvalue weighted by Crippen LogP contribution is 2.20. The SMILES string of the molecule is Cl.Cl.NC(=O)C1CCN(Cc2cccc(NC(=O)CC3CCCN3)c2)CC1. The number of primary amides is 1. The van der Waals surface area contributed by atoms with E-state index in [1.54, 1.807) is 0 Å². The number of carbonyl (C=O) groups excluding carboxylic acids is 2. The molecule has 1 aromatic rings. The minimum Gasteiger partial charge on any atom is -0.369 e. The zero-order valence-corrected chi connectivity index (χ0v) is 17.1. The van der Waals surface area contributed by atoms with Gasteiger partial charge in [-0.05, 0) is 63.0 Å². The van der Waals surface area contributed by atoms with E-state index in [-0.39, 0.29) is 42.5 Å². The maximum atomic E-state index is 12.2. The van der Waals surface area contributed by atoms with Crippen molar-refractivity contribution in [2.45, 2.75) is 44.7 Å². The van der Waals surface area contributed by atoms with Crippen LogP contribution in [0, 0.1) is 5.92 Å². The molecule has 3 rings (SSSR count). The summed E-state index contributed by atoms with van der Waals surface area (Å²) in [5.74, 6) is -0.0917. The highest BCUT2D eigenvalue weighted by molar-refractivity contribution is 5.91. The first kappa shape index (κ1) is 23.7. The van der Waals surface area contributed by atoms with Gasteiger partial charge in [0.1, 0.15) is 0 Å². The summed E-state index contributed by atoms with van der Waals surface area (Å²) < 4.78 is 0. The number of benzene rings is 1. The van der Waals surface area contributed by atoms with Crippen LogP contribution in [-0.4, -0.2) is 42.4 Å². The molecule has 2 aliphatic rings. The zero-order chi connectivity index (χ0) is 17.6.